The van der Waals surface area contributed by atoms with Crippen molar-refractivity contribution < 1.29 is 4.79 Å². The molecule has 1 amide bonds. The molecule has 2 aliphatic heterocycles. The summed E-state index contributed by atoms with van der Waals surface area (Å²) in [5.74, 6) is 2.78. The molecule has 0 aliphatic carbocycles. The maximum absolute atomic E-state index is 12.4. The molecule has 2 fully saturated rings. The fourth-order valence-corrected chi connectivity index (χ4v) is 3.71. The van der Waals surface area contributed by atoms with Crippen molar-refractivity contribution in [3.8, 4) is 0 Å². The zero-order chi connectivity index (χ0) is 18.6. The number of amides is 1. The van der Waals surface area contributed by atoms with Gasteiger partial charge in [0.15, 0.2) is 11.6 Å². The van der Waals surface area contributed by atoms with Gasteiger partial charge < -0.3 is 14.7 Å². The van der Waals surface area contributed by atoms with Crippen LogP contribution in [0.2, 0.25) is 0 Å². The normalized spacial score (nSPS) is 18.8. The number of aromatic nitrogens is 4. The van der Waals surface area contributed by atoms with Crippen LogP contribution >= 0.6 is 0 Å². The summed E-state index contributed by atoms with van der Waals surface area (Å²) in [6, 6.07) is 5.97. The summed E-state index contributed by atoms with van der Waals surface area (Å²) in [4.78, 5) is 18.8. The summed E-state index contributed by atoms with van der Waals surface area (Å²) in [7, 11) is 0. The van der Waals surface area contributed by atoms with E-state index in [1.807, 2.05) is 17.2 Å². The lowest BCUT2D eigenvalue weighted by molar-refractivity contribution is -0.132. The molecule has 2 aliphatic rings. The average molecular weight is 369 g/mol. The van der Waals surface area contributed by atoms with Gasteiger partial charge in [-0.2, -0.15) is 5.10 Å². The van der Waals surface area contributed by atoms with E-state index in [0.29, 0.717) is 19.6 Å². The van der Waals surface area contributed by atoms with Crippen LogP contribution in [0.5, 0.6) is 0 Å². The second-order valence-electron chi connectivity index (χ2n) is 7.49. The predicted molar refractivity (Wildman–Crippen MR) is 104 cm³/mol. The van der Waals surface area contributed by atoms with Crippen molar-refractivity contribution in [1.82, 2.24) is 24.9 Å². The summed E-state index contributed by atoms with van der Waals surface area (Å²) in [6.45, 7) is 7.70. The van der Waals surface area contributed by atoms with Gasteiger partial charge in [-0.3, -0.25) is 9.48 Å². The molecule has 0 N–H and O–H groups in total. The van der Waals surface area contributed by atoms with Gasteiger partial charge in [0.1, 0.15) is 6.54 Å². The van der Waals surface area contributed by atoms with Gasteiger partial charge in [-0.1, -0.05) is 6.92 Å². The summed E-state index contributed by atoms with van der Waals surface area (Å²) in [6.07, 6.45) is 5.95. The van der Waals surface area contributed by atoms with Crippen molar-refractivity contribution in [1.29, 1.82) is 0 Å². The van der Waals surface area contributed by atoms with Crippen LogP contribution < -0.4 is 9.80 Å². The van der Waals surface area contributed by atoms with E-state index < -0.39 is 0 Å². The molecule has 4 heterocycles. The van der Waals surface area contributed by atoms with E-state index in [1.165, 1.54) is 12.8 Å². The Kier molecular flexibility index (Phi) is 5.22. The topological polar surface area (TPSA) is 70.4 Å². The number of anilines is 2. The van der Waals surface area contributed by atoms with E-state index in [4.69, 9.17) is 0 Å². The van der Waals surface area contributed by atoms with Crippen molar-refractivity contribution in [2.24, 2.45) is 5.92 Å². The molecule has 0 aromatic carbocycles. The number of carbonyl (C=O) groups is 1. The van der Waals surface area contributed by atoms with Crippen molar-refractivity contribution in [3.63, 3.8) is 0 Å². The second-order valence-corrected chi connectivity index (χ2v) is 7.49. The molecule has 0 radical (unpaired) electrons. The molecule has 0 spiro atoms. The molecule has 2 saturated heterocycles. The Balaban J connectivity index is 1.29. The van der Waals surface area contributed by atoms with Crippen LogP contribution in [-0.2, 0) is 11.3 Å². The average Bonchev–Trinajstić information content (AvgIpc) is 3.22. The number of piperazine rings is 1. The molecule has 2 aromatic heterocycles. The minimum Gasteiger partial charge on any atom is -0.355 e. The molecular formula is C19H27N7O. The van der Waals surface area contributed by atoms with Crippen LogP contribution in [-0.4, -0.2) is 70.1 Å². The number of hydrogen-bond acceptors (Lipinski definition) is 6. The van der Waals surface area contributed by atoms with Gasteiger partial charge in [-0.25, -0.2) is 0 Å². The highest BCUT2D eigenvalue weighted by molar-refractivity contribution is 5.76. The minimum atomic E-state index is 0.110. The SMILES string of the molecule is CC1CCN(c2ccc(N3CCN(C(=O)Cn4cccn4)CC3)nn2)CC1. The standard InChI is InChI=1S/C19H27N7O/c1-16-5-9-23(10-6-16)17-3-4-18(22-21-17)24-11-13-25(14-12-24)19(27)15-26-8-2-7-20-26/h2-4,7-8,16H,5-6,9-15H2,1H3. The first kappa shape index (κ1) is 17.8. The largest absolute Gasteiger partial charge is 0.355 e. The van der Waals surface area contributed by atoms with Crippen LogP contribution in [0, 0.1) is 5.92 Å². The Bertz CT molecular complexity index is 730. The van der Waals surface area contributed by atoms with Crippen molar-refractivity contribution >= 4 is 17.5 Å². The summed E-state index contributed by atoms with van der Waals surface area (Å²) in [5.41, 5.74) is 0. The molecule has 2 aromatic rings. The first-order valence-corrected chi connectivity index (χ1v) is 9.78. The van der Waals surface area contributed by atoms with Gasteiger partial charge in [-0.15, -0.1) is 10.2 Å². The Morgan fingerprint density at radius 1 is 1.00 bits per heavy atom. The number of nitrogens with zero attached hydrogens (tertiary/aromatic N) is 7. The molecule has 8 heteroatoms. The molecule has 0 saturated carbocycles. The molecule has 0 atom stereocenters. The Morgan fingerprint density at radius 2 is 1.63 bits per heavy atom. The van der Waals surface area contributed by atoms with E-state index in [9.17, 15) is 4.79 Å². The third-order valence-electron chi connectivity index (χ3n) is 5.56. The van der Waals surface area contributed by atoms with Crippen LogP contribution in [0.3, 0.4) is 0 Å². The maximum Gasteiger partial charge on any atom is 0.244 e. The lowest BCUT2D eigenvalue weighted by Crippen LogP contribution is -2.50. The van der Waals surface area contributed by atoms with E-state index in [0.717, 1.165) is 43.7 Å². The zero-order valence-electron chi connectivity index (χ0n) is 15.9. The number of rotatable bonds is 4. The van der Waals surface area contributed by atoms with Crippen molar-refractivity contribution in [2.75, 3.05) is 49.1 Å². The highest BCUT2D eigenvalue weighted by Gasteiger charge is 2.23. The molecule has 27 heavy (non-hydrogen) atoms. The zero-order valence-corrected chi connectivity index (χ0v) is 15.9. The summed E-state index contributed by atoms with van der Waals surface area (Å²) < 4.78 is 1.67. The van der Waals surface area contributed by atoms with Crippen LogP contribution in [0.4, 0.5) is 11.6 Å². The van der Waals surface area contributed by atoms with Crippen molar-refractivity contribution in [3.05, 3.63) is 30.6 Å². The first-order chi connectivity index (χ1) is 13.2. The van der Waals surface area contributed by atoms with Gasteiger partial charge in [0.25, 0.3) is 0 Å². The highest BCUT2D eigenvalue weighted by atomic mass is 16.2. The molecule has 8 nitrogen and oxygen atoms in total. The second kappa shape index (κ2) is 7.94. The third kappa shape index (κ3) is 4.20. The molecule has 4 rings (SSSR count). The number of hydrogen-bond donors (Lipinski definition) is 0. The van der Waals surface area contributed by atoms with Gasteiger partial charge in [0, 0.05) is 51.7 Å². The Hall–Kier alpha value is -2.64. The van der Waals surface area contributed by atoms with E-state index in [-0.39, 0.29) is 5.91 Å². The van der Waals surface area contributed by atoms with E-state index >= 15 is 0 Å². The Labute approximate surface area is 159 Å². The van der Waals surface area contributed by atoms with Crippen molar-refractivity contribution in [2.45, 2.75) is 26.3 Å². The fourth-order valence-electron chi connectivity index (χ4n) is 3.71. The van der Waals surface area contributed by atoms with E-state index in [2.05, 4.69) is 44.2 Å². The van der Waals surface area contributed by atoms with Crippen LogP contribution in [0.15, 0.2) is 30.6 Å². The molecule has 0 unspecified atom stereocenters. The number of carbonyl (C=O) groups excluding carboxylic acids is 1. The van der Waals surface area contributed by atoms with Gasteiger partial charge in [0.2, 0.25) is 5.91 Å². The Morgan fingerprint density at radius 3 is 2.19 bits per heavy atom. The van der Waals surface area contributed by atoms with Gasteiger partial charge in [0.05, 0.1) is 0 Å². The highest BCUT2D eigenvalue weighted by Crippen LogP contribution is 2.22. The summed E-state index contributed by atoms with van der Waals surface area (Å²) in [5, 5.41) is 13.0. The quantitative estimate of drug-likeness (QED) is 0.808. The molecule has 0 bridgehead atoms. The van der Waals surface area contributed by atoms with Crippen LogP contribution in [0.1, 0.15) is 19.8 Å². The molecule has 144 valence electrons. The lowest BCUT2D eigenvalue weighted by Gasteiger charge is -2.35. The van der Waals surface area contributed by atoms with Gasteiger partial charge in [-0.05, 0) is 37.0 Å². The lowest BCUT2D eigenvalue weighted by atomic mass is 9.99. The first-order valence-electron chi connectivity index (χ1n) is 9.78. The fraction of sp³-hybridized carbons (Fsp3) is 0.579. The number of piperidine rings is 1. The van der Waals surface area contributed by atoms with E-state index in [1.54, 1.807) is 10.9 Å². The minimum absolute atomic E-state index is 0.110. The maximum atomic E-state index is 12.4. The third-order valence-corrected chi connectivity index (χ3v) is 5.56. The summed E-state index contributed by atoms with van der Waals surface area (Å²) >= 11 is 0. The monoisotopic (exact) mass is 369 g/mol. The smallest absolute Gasteiger partial charge is 0.244 e. The predicted octanol–water partition coefficient (Wildman–Crippen LogP) is 1.26. The van der Waals surface area contributed by atoms with Gasteiger partial charge >= 0.3 is 0 Å². The van der Waals surface area contributed by atoms with Crippen LogP contribution in [0.25, 0.3) is 0 Å². The molecular weight excluding hydrogens is 342 g/mol.